The Morgan fingerprint density at radius 3 is 2.61 bits per heavy atom. The summed E-state index contributed by atoms with van der Waals surface area (Å²) in [4.78, 5) is 36.7. The first-order valence-corrected chi connectivity index (χ1v) is 10.6. The third-order valence-electron chi connectivity index (χ3n) is 4.96. The van der Waals surface area contributed by atoms with Gasteiger partial charge in [-0.2, -0.15) is 0 Å². The molecule has 2 aromatic carbocycles. The van der Waals surface area contributed by atoms with Gasteiger partial charge in [0.25, 0.3) is 5.91 Å². The van der Waals surface area contributed by atoms with Crippen molar-refractivity contribution in [1.29, 1.82) is 0 Å². The number of amides is 2. The molecule has 0 saturated heterocycles. The van der Waals surface area contributed by atoms with Gasteiger partial charge in [-0.25, -0.2) is 15.0 Å². The molecule has 8 heteroatoms. The summed E-state index contributed by atoms with van der Waals surface area (Å²) in [5, 5.41) is 7.74. The van der Waals surface area contributed by atoms with Crippen molar-refractivity contribution in [2.75, 3.05) is 10.6 Å². The molecule has 4 aromatic rings. The van der Waals surface area contributed by atoms with Crippen LogP contribution in [0.3, 0.4) is 0 Å². The van der Waals surface area contributed by atoms with Crippen LogP contribution in [-0.2, 0) is 17.6 Å². The average molecular weight is 427 g/mol. The number of anilines is 2. The van der Waals surface area contributed by atoms with Crippen LogP contribution < -0.4 is 10.6 Å². The molecular formula is C23H17N5O2S. The number of rotatable bonds is 5. The van der Waals surface area contributed by atoms with Crippen LogP contribution in [0.25, 0.3) is 11.1 Å². The summed E-state index contributed by atoms with van der Waals surface area (Å²) in [5.74, 6) is -0.536. The zero-order valence-electron chi connectivity index (χ0n) is 16.3. The number of fused-ring (bicyclic) bond motifs is 3. The summed E-state index contributed by atoms with van der Waals surface area (Å²) in [6.45, 7) is 0. The molecule has 1 aliphatic rings. The van der Waals surface area contributed by atoms with Crippen molar-refractivity contribution < 1.29 is 9.59 Å². The van der Waals surface area contributed by atoms with Gasteiger partial charge in [-0.05, 0) is 46.9 Å². The molecule has 7 nitrogen and oxygen atoms in total. The Kier molecular flexibility index (Phi) is 4.97. The van der Waals surface area contributed by atoms with Gasteiger partial charge in [0, 0.05) is 23.5 Å². The van der Waals surface area contributed by atoms with Crippen LogP contribution in [0.5, 0.6) is 0 Å². The first-order valence-electron chi connectivity index (χ1n) is 9.69. The minimum absolute atomic E-state index is 0.0655. The number of thiazole rings is 1. The molecule has 2 heterocycles. The number of aromatic nitrogens is 3. The van der Waals surface area contributed by atoms with Crippen molar-refractivity contribution in [1.82, 2.24) is 15.0 Å². The molecule has 2 aromatic heterocycles. The van der Waals surface area contributed by atoms with Crippen LogP contribution in [0.4, 0.5) is 10.8 Å². The Bertz CT molecular complexity index is 1290. The lowest BCUT2D eigenvalue weighted by molar-refractivity contribution is -0.115. The lowest BCUT2D eigenvalue weighted by atomic mass is 10.1. The van der Waals surface area contributed by atoms with Gasteiger partial charge in [0.05, 0.1) is 12.1 Å². The van der Waals surface area contributed by atoms with E-state index in [0.29, 0.717) is 10.8 Å². The molecule has 2 N–H and O–H groups in total. The van der Waals surface area contributed by atoms with E-state index in [-0.39, 0.29) is 18.2 Å². The average Bonchev–Trinajstić information content (AvgIpc) is 3.37. The maximum Gasteiger partial charge on any atom is 0.295 e. The van der Waals surface area contributed by atoms with Crippen LogP contribution in [-0.4, -0.2) is 26.8 Å². The van der Waals surface area contributed by atoms with Crippen molar-refractivity contribution in [3.05, 3.63) is 88.9 Å². The maximum atomic E-state index is 12.5. The van der Waals surface area contributed by atoms with E-state index in [2.05, 4.69) is 43.8 Å². The molecule has 0 saturated carbocycles. The van der Waals surface area contributed by atoms with Crippen molar-refractivity contribution >= 4 is 34.0 Å². The van der Waals surface area contributed by atoms with Gasteiger partial charge in [0.15, 0.2) is 5.13 Å². The zero-order chi connectivity index (χ0) is 21.2. The molecule has 152 valence electrons. The van der Waals surface area contributed by atoms with Gasteiger partial charge in [-0.15, -0.1) is 11.3 Å². The molecule has 0 spiro atoms. The largest absolute Gasteiger partial charge is 0.326 e. The Balaban J connectivity index is 1.21. The highest BCUT2D eigenvalue weighted by Gasteiger charge is 2.18. The van der Waals surface area contributed by atoms with Gasteiger partial charge < -0.3 is 5.32 Å². The number of carbonyl (C=O) groups excluding carboxylic acids is 2. The van der Waals surface area contributed by atoms with Crippen LogP contribution in [0.15, 0.2) is 66.3 Å². The topological polar surface area (TPSA) is 96.9 Å². The third-order valence-corrected chi connectivity index (χ3v) is 5.77. The SMILES string of the molecule is O=C(Cc1csc(NC(=O)c2ncccn2)n1)Nc1ccc2c(c1)Cc1ccccc1-2. The van der Waals surface area contributed by atoms with Gasteiger partial charge in [0.2, 0.25) is 11.7 Å². The minimum atomic E-state index is -0.440. The molecule has 0 radical (unpaired) electrons. The summed E-state index contributed by atoms with van der Waals surface area (Å²) >= 11 is 1.25. The number of nitrogens with zero attached hydrogens (tertiary/aromatic N) is 3. The predicted octanol–water partition coefficient (Wildman–Crippen LogP) is 3.94. The summed E-state index contributed by atoms with van der Waals surface area (Å²) in [5.41, 5.74) is 6.34. The van der Waals surface area contributed by atoms with Crippen molar-refractivity contribution in [2.24, 2.45) is 0 Å². The molecule has 0 bridgehead atoms. The number of hydrogen-bond donors (Lipinski definition) is 2. The Morgan fingerprint density at radius 1 is 0.935 bits per heavy atom. The molecule has 0 atom stereocenters. The monoisotopic (exact) mass is 427 g/mol. The lowest BCUT2D eigenvalue weighted by Crippen LogP contribution is -2.16. The highest BCUT2D eigenvalue weighted by Crippen LogP contribution is 2.37. The first-order chi connectivity index (χ1) is 15.2. The first kappa shape index (κ1) is 19.1. The number of carbonyl (C=O) groups is 2. The standard InChI is InChI=1S/C23H17N5O2S/c29-20(12-17-13-31-23(27-17)28-22(30)21-24-8-3-9-25-21)26-16-6-7-19-15(11-16)10-14-4-1-2-5-18(14)19/h1-9,11,13H,10,12H2,(H,26,29)(H,27,28,30). The Morgan fingerprint density at radius 2 is 1.74 bits per heavy atom. The summed E-state index contributed by atoms with van der Waals surface area (Å²) < 4.78 is 0. The van der Waals surface area contributed by atoms with Gasteiger partial charge >= 0.3 is 0 Å². The number of nitrogens with one attached hydrogen (secondary N) is 2. The highest BCUT2D eigenvalue weighted by atomic mass is 32.1. The predicted molar refractivity (Wildman–Crippen MR) is 119 cm³/mol. The smallest absolute Gasteiger partial charge is 0.295 e. The number of benzene rings is 2. The van der Waals surface area contributed by atoms with E-state index in [1.54, 1.807) is 11.4 Å². The molecule has 5 rings (SSSR count). The van der Waals surface area contributed by atoms with E-state index < -0.39 is 5.91 Å². The minimum Gasteiger partial charge on any atom is -0.326 e. The van der Waals surface area contributed by atoms with E-state index in [9.17, 15) is 9.59 Å². The summed E-state index contributed by atoms with van der Waals surface area (Å²) in [6, 6.07) is 16.0. The molecule has 0 aliphatic heterocycles. The summed E-state index contributed by atoms with van der Waals surface area (Å²) in [6.07, 6.45) is 3.98. The van der Waals surface area contributed by atoms with Crippen LogP contribution in [0.2, 0.25) is 0 Å². The molecule has 31 heavy (non-hydrogen) atoms. The third kappa shape index (κ3) is 4.06. The Hall–Kier alpha value is -3.91. The van der Waals surface area contributed by atoms with Crippen molar-refractivity contribution in [3.8, 4) is 11.1 Å². The van der Waals surface area contributed by atoms with Gasteiger partial charge in [0.1, 0.15) is 0 Å². The second-order valence-corrected chi connectivity index (χ2v) is 7.96. The molecule has 1 aliphatic carbocycles. The lowest BCUT2D eigenvalue weighted by Gasteiger charge is -2.07. The van der Waals surface area contributed by atoms with Crippen LogP contribution in [0, 0.1) is 0 Å². The van der Waals surface area contributed by atoms with Gasteiger partial charge in [-0.3, -0.25) is 14.9 Å². The fourth-order valence-electron chi connectivity index (χ4n) is 3.61. The zero-order valence-corrected chi connectivity index (χ0v) is 17.1. The van der Waals surface area contributed by atoms with Gasteiger partial charge in [-0.1, -0.05) is 30.3 Å². The quantitative estimate of drug-likeness (QED) is 0.443. The maximum absolute atomic E-state index is 12.5. The van der Waals surface area contributed by atoms with E-state index in [1.807, 2.05) is 24.3 Å². The van der Waals surface area contributed by atoms with E-state index in [4.69, 9.17) is 0 Å². The highest BCUT2D eigenvalue weighted by molar-refractivity contribution is 7.14. The fourth-order valence-corrected chi connectivity index (χ4v) is 4.31. The van der Waals surface area contributed by atoms with E-state index >= 15 is 0 Å². The molecule has 2 amide bonds. The summed E-state index contributed by atoms with van der Waals surface area (Å²) in [7, 11) is 0. The fraction of sp³-hybridized carbons (Fsp3) is 0.0870. The number of hydrogen-bond acceptors (Lipinski definition) is 6. The van der Waals surface area contributed by atoms with Crippen molar-refractivity contribution in [3.63, 3.8) is 0 Å². The normalized spacial score (nSPS) is 11.5. The van der Waals surface area contributed by atoms with E-state index in [0.717, 1.165) is 12.1 Å². The van der Waals surface area contributed by atoms with Crippen molar-refractivity contribution in [2.45, 2.75) is 12.8 Å². The van der Waals surface area contributed by atoms with Crippen LogP contribution >= 0.6 is 11.3 Å². The molecule has 0 unspecified atom stereocenters. The Labute approximate surface area is 182 Å². The molecule has 0 fully saturated rings. The van der Waals surface area contributed by atoms with E-state index in [1.165, 1.54) is 46.0 Å². The second-order valence-electron chi connectivity index (χ2n) is 7.10. The molecular weight excluding hydrogens is 410 g/mol. The van der Waals surface area contributed by atoms with Crippen LogP contribution in [0.1, 0.15) is 27.4 Å². The second kappa shape index (κ2) is 8.08.